The Hall–Kier alpha value is -3.65. The molecule has 0 aliphatic carbocycles. The molecule has 0 atom stereocenters. The van der Waals surface area contributed by atoms with Crippen molar-refractivity contribution in [1.29, 1.82) is 5.26 Å². The molecule has 5 nitrogen and oxygen atoms in total. The van der Waals surface area contributed by atoms with Crippen molar-refractivity contribution in [2.24, 2.45) is 0 Å². The molecule has 0 aliphatic heterocycles. The lowest BCUT2D eigenvalue weighted by Crippen LogP contribution is -1.98. The van der Waals surface area contributed by atoms with E-state index in [1.807, 2.05) is 48.9 Å². The summed E-state index contributed by atoms with van der Waals surface area (Å²) in [5.41, 5.74) is 5.04. The number of rotatable bonds is 4. The molecular formula is C21H17N3O2. The molecule has 0 N–H and O–H groups in total. The number of nitriles is 1. The van der Waals surface area contributed by atoms with E-state index in [1.54, 1.807) is 18.2 Å². The van der Waals surface area contributed by atoms with E-state index in [0.717, 1.165) is 16.9 Å². The number of allylic oxidation sites excluding steroid dienone is 1. The molecule has 0 radical (unpaired) electrons. The van der Waals surface area contributed by atoms with Crippen molar-refractivity contribution in [3.8, 4) is 11.8 Å². The topological polar surface area (TPSA) is 71.9 Å². The average Bonchev–Trinajstić information content (AvgIpc) is 3.07. The van der Waals surface area contributed by atoms with E-state index in [1.165, 1.54) is 17.7 Å². The smallest absolute Gasteiger partial charge is 0.270 e. The molecule has 3 aromatic rings. The lowest BCUT2D eigenvalue weighted by atomic mass is 10.0. The Balaban J connectivity index is 2.07. The summed E-state index contributed by atoms with van der Waals surface area (Å²) < 4.78 is 2.00. The summed E-state index contributed by atoms with van der Waals surface area (Å²) in [4.78, 5) is 10.5. The van der Waals surface area contributed by atoms with Crippen molar-refractivity contribution < 1.29 is 4.92 Å². The van der Waals surface area contributed by atoms with Gasteiger partial charge in [0.1, 0.15) is 0 Å². The van der Waals surface area contributed by atoms with Gasteiger partial charge in [0, 0.05) is 29.7 Å². The molecule has 3 rings (SSSR count). The SMILES string of the molecule is Cc1ccc(-n2cccc2/C=C(/C#N)c2cccc([N+](=O)[O-])c2)c(C)c1. The number of nitro benzene ring substituents is 1. The van der Waals surface area contributed by atoms with Gasteiger partial charge >= 0.3 is 0 Å². The molecule has 0 amide bonds. The number of hydrogen-bond acceptors (Lipinski definition) is 3. The van der Waals surface area contributed by atoms with E-state index in [-0.39, 0.29) is 5.69 Å². The van der Waals surface area contributed by atoms with E-state index in [0.29, 0.717) is 11.1 Å². The summed E-state index contributed by atoms with van der Waals surface area (Å²) in [7, 11) is 0. The standard InChI is InChI=1S/C21H17N3O2/c1-15-8-9-21(16(2)11-15)23-10-4-7-19(23)13-18(14-22)17-5-3-6-20(12-17)24(25)26/h3-13H,1-2H3/b18-13-. The zero-order valence-corrected chi connectivity index (χ0v) is 14.5. The van der Waals surface area contributed by atoms with Crippen molar-refractivity contribution in [1.82, 2.24) is 4.57 Å². The Labute approximate surface area is 151 Å². The fourth-order valence-electron chi connectivity index (χ4n) is 2.92. The van der Waals surface area contributed by atoms with Crippen LogP contribution in [0.5, 0.6) is 0 Å². The van der Waals surface area contributed by atoms with Crippen LogP contribution in [0.1, 0.15) is 22.4 Å². The highest BCUT2D eigenvalue weighted by Gasteiger charge is 2.11. The molecule has 5 heteroatoms. The van der Waals surface area contributed by atoms with Crippen LogP contribution in [0.3, 0.4) is 0 Å². The van der Waals surface area contributed by atoms with E-state index in [9.17, 15) is 15.4 Å². The zero-order chi connectivity index (χ0) is 18.7. The van der Waals surface area contributed by atoms with Crippen LogP contribution in [-0.4, -0.2) is 9.49 Å². The third-order valence-electron chi connectivity index (χ3n) is 4.17. The van der Waals surface area contributed by atoms with Crippen LogP contribution in [0.25, 0.3) is 17.3 Å². The number of aryl methyl sites for hydroxylation is 2. The second kappa shape index (κ2) is 7.08. The second-order valence-electron chi connectivity index (χ2n) is 6.07. The van der Waals surface area contributed by atoms with Gasteiger partial charge in [-0.25, -0.2) is 0 Å². The van der Waals surface area contributed by atoms with E-state index in [2.05, 4.69) is 12.1 Å². The maximum absolute atomic E-state index is 11.0. The molecule has 1 aromatic heterocycles. The van der Waals surface area contributed by atoms with Gasteiger partial charge in [0.2, 0.25) is 0 Å². The highest BCUT2D eigenvalue weighted by molar-refractivity contribution is 5.89. The first kappa shape index (κ1) is 17.2. The number of non-ortho nitro benzene ring substituents is 1. The molecule has 26 heavy (non-hydrogen) atoms. The zero-order valence-electron chi connectivity index (χ0n) is 14.5. The Bertz CT molecular complexity index is 1060. The molecule has 0 bridgehead atoms. The first-order chi connectivity index (χ1) is 12.5. The van der Waals surface area contributed by atoms with Gasteiger partial charge in [-0.2, -0.15) is 5.26 Å². The van der Waals surface area contributed by atoms with Crippen LogP contribution < -0.4 is 0 Å². The lowest BCUT2D eigenvalue weighted by Gasteiger charge is -2.11. The lowest BCUT2D eigenvalue weighted by molar-refractivity contribution is -0.384. The predicted octanol–water partition coefficient (Wildman–Crippen LogP) is 5.07. The van der Waals surface area contributed by atoms with Gasteiger partial charge in [0.25, 0.3) is 5.69 Å². The molecule has 2 aromatic carbocycles. The van der Waals surface area contributed by atoms with Crippen LogP contribution in [-0.2, 0) is 0 Å². The monoisotopic (exact) mass is 343 g/mol. The number of nitro groups is 1. The van der Waals surface area contributed by atoms with Crippen molar-refractivity contribution >= 4 is 17.3 Å². The van der Waals surface area contributed by atoms with E-state index < -0.39 is 4.92 Å². The third-order valence-corrected chi connectivity index (χ3v) is 4.17. The van der Waals surface area contributed by atoms with E-state index in [4.69, 9.17) is 0 Å². The fourth-order valence-corrected chi connectivity index (χ4v) is 2.92. The molecule has 0 fully saturated rings. The van der Waals surface area contributed by atoms with Gasteiger partial charge in [0.15, 0.2) is 0 Å². The summed E-state index contributed by atoms with van der Waals surface area (Å²) in [6.45, 7) is 4.09. The van der Waals surface area contributed by atoms with Crippen LogP contribution in [0, 0.1) is 35.3 Å². The minimum Gasteiger partial charge on any atom is -0.317 e. The molecule has 0 aliphatic rings. The van der Waals surface area contributed by atoms with Gasteiger partial charge in [-0.3, -0.25) is 10.1 Å². The fraction of sp³-hybridized carbons (Fsp3) is 0.0952. The Morgan fingerprint density at radius 3 is 2.65 bits per heavy atom. The minimum atomic E-state index is -0.461. The van der Waals surface area contributed by atoms with Crippen molar-refractivity contribution in [3.63, 3.8) is 0 Å². The van der Waals surface area contributed by atoms with Gasteiger partial charge in [-0.15, -0.1) is 0 Å². The van der Waals surface area contributed by atoms with Gasteiger partial charge in [-0.1, -0.05) is 29.8 Å². The Morgan fingerprint density at radius 1 is 1.15 bits per heavy atom. The second-order valence-corrected chi connectivity index (χ2v) is 6.07. The molecule has 0 unspecified atom stereocenters. The quantitative estimate of drug-likeness (QED) is 0.377. The average molecular weight is 343 g/mol. The highest BCUT2D eigenvalue weighted by Crippen LogP contribution is 2.24. The number of benzene rings is 2. The first-order valence-electron chi connectivity index (χ1n) is 8.11. The maximum atomic E-state index is 11.0. The predicted molar refractivity (Wildman–Crippen MR) is 102 cm³/mol. The summed E-state index contributed by atoms with van der Waals surface area (Å²) in [6.07, 6.45) is 3.68. The summed E-state index contributed by atoms with van der Waals surface area (Å²) in [5, 5.41) is 20.5. The molecule has 1 heterocycles. The van der Waals surface area contributed by atoms with Crippen LogP contribution in [0.2, 0.25) is 0 Å². The third kappa shape index (κ3) is 3.40. The molecule has 128 valence electrons. The molecule has 0 saturated heterocycles. The van der Waals surface area contributed by atoms with Crippen LogP contribution in [0.4, 0.5) is 5.69 Å². The highest BCUT2D eigenvalue weighted by atomic mass is 16.6. The van der Waals surface area contributed by atoms with Crippen LogP contribution in [0.15, 0.2) is 60.8 Å². The summed E-state index contributed by atoms with van der Waals surface area (Å²) >= 11 is 0. The van der Waals surface area contributed by atoms with Gasteiger partial charge < -0.3 is 4.57 Å². The largest absolute Gasteiger partial charge is 0.317 e. The first-order valence-corrected chi connectivity index (χ1v) is 8.11. The Morgan fingerprint density at radius 2 is 1.96 bits per heavy atom. The van der Waals surface area contributed by atoms with Gasteiger partial charge in [0.05, 0.1) is 16.6 Å². The molecular weight excluding hydrogens is 326 g/mol. The number of hydrogen-bond donors (Lipinski definition) is 0. The van der Waals surface area contributed by atoms with Crippen LogP contribution >= 0.6 is 0 Å². The molecule has 0 spiro atoms. The van der Waals surface area contributed by atoms with Gasteiger partial charge in [-0.05, 0) is 49.2 Å². The van der Waals surface area contributed by atoms with Crippen molar-refractivity contribution in [2.75, 3.05) is 0 Å². The minimum absolute atomic E-state index is 0.0339. The van der Waals surface area contributed by atoms with Crippen molar-refractivity contribution in [2.45, 2.75) is 13.8 Å². The Kier molecular flexibility index (Phi) is 4.68. The summed E-state index contributed by atoms with van der Waals surface area (Å²) in [5.74, 6) is 0. The van der Waals surface area contributed by atoms with Crippen molar-refractivity contribution in [3.05, 3.63) is 93.3 Å². The number of aromatic nitrogens is 1. The summed E-state index contributed by atoms with van der Waals surface area (Å²) in [6, 6.07) is 18.3. The normalized spacial score (nSPS) is 11.2. The molecule has 0 saturated carbocycles. The number of nitrogens with zero attached hydrogens (tertiary/aromatic N) is 3. The van der Waals surface area contributed by atoms with E-state index >= 15 is 0 Å². The maximum Gasteiger partial charge on any atom is 0.270 e.